The Morgan fingerprint density at radius 3 is 1.53 bits per heavy atom. The zero-order valence-corrected chi connectivity index (χ0v) is 24.0. The third-order valence-corrected chi connectivity index (χ3v) is 7.70. The van der Waals surface area contributed by atoms with Crippen LogP contribution in [0.25, 0.3) is 0 Å². The van der Waals surface area contributed by atoms with Crippen LogP contribution in [0.4, 0.5) is 17.1 Å². The van der Waals surface area contributed by atoms with Crippen molar-refractivity contribution in [3.8, 4) is 0 Å². The third kappa shape index (κ3) is 4.40. The van der Waals surface area contributed by atoms with Crippen molar-refractivity contribution in [1.82, 2.24) is 4.58 Å². The van der Waals surface area contributed by atoms with E-state index in [0.717, 1.165) is 0 Å². The summed E-state index contributed by atoms with van der Waals surface area (Å²) in [7, 11) is 0. The van der Waals surface area contributed by atoms with Gasteiger partial charge in [-0.2, -0.15) is 0 Å². The highest BCUT2D eigenvalue weighted by atomic mass is 15.3. The summed E-state index contributed by atoms with van der Waals surface area (Å²) in [6.07, 6.45) is 3.98. The molecule has 1 heterocycles. The average molecular weight is 481 g/mol. The van der Waals surface area contributed by atoms with Crippen LogP contribution in [-0.2, 0) is 5.54 Å². The fourth-order valence-electron chi connectivity index (χ4n) is 5.63. The van der Waals surface area contributed by atoms with Gasteiger partial charge in [0.1, 0.15) is 5.54 Å². The Morgan fingerprint density at radius 2 is 1.06 bits per heavy atom. The van der Waals surface area contributed by atoms with E-state index in [1.807, 2.05) is 0 Å². The lowest BCUT2D eigenvalue weighted by molar-refractivity contribution is 0.532. The van der Waals surface area contributed by atoms with Crippen LogP contribution < -0.4 is 9.48 Å². The number of para-hydroxylation sites is 3. The number of hydrogen-bond acceptors (Lipinski definition) is 1. The van der Waals surface area contributed by atoms with Crippen molar-refractivity contribution in [2.24, 2.45) is 0 Å². The Bertz CT molecular complexity index is 1220. The summed E-state index contributed by atoms with van der Waals surface area (Å²) in [5, 5.41) is 0. The van der Waals surface area contributed by atoms with Gasteiger partial charge in [0.25, 0.3) is 0 Å². The van der Waals surface area contributed by atoms with E-state index in [1.54, 1.807) is 0 Å². The van der Waals surface area contributed by atoms with Crippen molar-refractivity contribution in [2.75, 3.05) is 4.90 Å². The lowest BCUT2D eigenvalue weighted by Crippen LogP contribution is -2.48. The van der Waals surface area contributed by atoms with Gasteiger partial charge in [0.2, 0.25) is 6.34 Å². The number of fused-ring (bicyclic) bond motifs is 1. The molecule has 0 unspecified atom stereocenters. The zero-order chi connectivity index (χ0) is 26.4. The second-order valence-electron chi connectivity index (χ2n) is 12.0. The molecule has 0 fully saturated rings. The molecule has 2 nitrogen and oxygen atoms in total. The number of benzene rings is 3. The van der Waals surface area contributed by atoms with E-state index in [0.29, 0.717) is 23.7 Å². The summed E-state index contributed by atoms with van der Waals surface area (Å²) in [6, 6.07) is 22.5. The molecule has 4 rings (SSSR count). The van der Waals surface area contributed by atoms with Crippen LogP contribution in [0.2, 0.25) is 0 Å². The van der Waals surface area contributed by atoms with Gasteiger partial charge in [0.15, 0.2) is 0 Å². The summed E-state index contributed by atoms with van der Waals surface area (Å²) in [5.41, 5.74) is 10.4. The highest BCUT2D eigenvalue weighted by molar-refractivity contribution is 5.93. The lowest BCUT2D eigenvalue weighted by Gasteiger charge is -2.44. The largest absolute Gasteiger partial charge is 0.314 e. The van der Waals surface area contributed by atoms with Gasteiger partial charge in [0, 0.05) is 5.56 Å². The summed E-state index contributed by atoms with van der Waals surface area (Å²) < 4.78 is 2.37. The van der Waals surface area contributed by atoms with E-state index in [4.69, 9.17) is 0 Å². The maximum Gasteiger partial charge on any atom is 0.246 e. The molecule has 0 spiro atoms. The third-order valence-electron chi connectivity index (χ3n) is 7.70. The van der Waals surface area contributed by atoms with E-state index in [9.17, 15) is 0 Å². The van der Waals surface area contributed by atoms with Crippen molar-refractivity contribution in [2.45, 2.75) is 98.4 Å². The average Bonchev–Trinajstić information content (AvgIpc) is 2.83. The van der Waals surface area contributed by atoms with Crippen LogP contribution in [0.3, 0.4) is 0 Å². The molecule has 0 atom stereocenters. The zero-order valence-electron chi connectivity index (χ0n) is 24.0. The summed E-state index contributed by atoms with van der Waals surface area (Å²) in [4.78, 5) is 2.45. The van der Waals surface area contributed by atoms with Crippen molar-refractivity contribution in [3.05, 3.63) is 88.5 Å². The molecule has 2 heteroatoms. The summed E-state index contributed by atoms with van der Waals surface area (Å²) in [5.74, 6) is 1.64. The van der Waals surface area contributed by atoms with Crippen LogP contribution in [0, 0.1) is 0 Å². The Hall–Kier alpha value is -2.87. The first kappa shape index (κ1) is 26.2. The van der Waals surface area contributed by atoms with Crippen LogP contribution in [0.5, 0.6) is 0 Å². The maximum absolute atomic E-state index is 3.98. The minimum absolute atomic E-state index is 0.257. The van der Waals surface area contributed by atoms with Crippen LogP contribution in [0.15, 0.2) is 60.7 Å². The Kier molecular flexibility index (Phi) is 7.19. The fourth-order valence-corrected chi connectivity index (χ4v) is 5.63. The predicted molar refractivity (Wildman–Crippen MR) is 158 cm³/mol. The first-order valence-electron chi connectivity index (χ1n) is 13.7. The molecule has 0 aliphatic carbocycles. The van der Waals surface area contributed by atoms with Gasteiger partial charge in [-0.15, -0.1) is 0 Å². The predicted octanol–water partition coefficient (Wildman–Crippen LogP) is 9.68. The molecule has 0 amide bonds. The molecule has 0 saturated carbocycles. The molecule has 0 aromatic heterocycles. The van der Waals surface area contributed by atoms with E-state index in [1.165, 1.54) is 44.9 Å². The molecule has 190 valence electrons. The highest BCUT2D eigenvalue weighted by Gasteiger charge is 2.40. The highest BCUT2D eigenvalue weighted by Crippen LogP contribution is 2.47. The van der Waals surface area contributed by atoms with Gasteiger partial charge in [-0.05, 0) is 59.8 Å². The molecule has 0 bridgehead atoms. The number of nitrogens with zero attached hydrogens (tertiary/aromatic N) is 2. The molecule has 1 aliphatic heterocycles. The molecule has 3 aromatic rings. The quantitative estimate of drug-likeness (QED) is 0.251. The van der Waals surface area contributed by atoms with E-state index in [2.05, 4.69) is 146 Å². The smallest absolute Gasteiger partial charge is 0.246 e. The van der Waals surface area contributed by atoms with Crippen molar-refractivity contribution < 1.29 is 0 Å². The molecular formula is C34H44N2. The van der Waals surface area contributed by atoms with Gasteiger partial charge in [-0.1, -0.05) is 116 Å². The van der Waals surface area contributed by atoms with Crippen molar-refractivity contribution in [3.63, 3.8) is 0 Å². The standard InChI is InChI=1S/C34H44N2/c1-22(2)26-15-13-16-27(23(3)4)32(26)35-21-36(34(9,10)30-19-11-12-20-31(30)35)33-28(24(5)6)17-14-18-29(33)25(7)8/h11-20,22-25H,1-10H3. The first-order valence-corrected chi connectivity index (χ1v) is 13.7. The molecule has 0 saturated heterocycles. The SMILES string of the molecule is CC(C)c1cccc(C(C)C)c1N1[C-]=[N+](c2c(C(C)C)cccc2C(C)C)c2ccccc2C1(C)C. The van der Waals surface area contributed by atoms with Gasteiger partial charge in [0.05, 0.1) is 17.1 Å². The van der Waals surface area contributed by atoms with E-state index < -0.39 is 0 Å². The van der Waals surface area contributed by atoms with Crippen LogP contribution in [-0.4, -0.2) is 6.34 Å². The number of hydrogen-bond donors (Lipinski definition) is 0. The topological polar surface area (TPSA) is 6.25 Å². The van der Waals surface area contributed by atoms with Crippen molar-refractivity contribution >= 4 is 23.4 Å². The van der Waals surface area contributed by atoms with Gasteiger partial charge in [-0.3, -0.25) is 4.90 Å². The normalized spacial score (nSPS) is 15.2. The minimum Gasteiger partial charge on any atom is -0.314 e. The maximum atomic E-state index is 3.98. The van der Waals surface area contributed by atoms with Crippen LogP contribution >= 0.6 is 0 Å². The fraction of sp³-hybridized carbons (Fsp3) is 0.441. The summed E-state index contributed by atoms with van der Waals surface area (Å²) >= 11 is 0. The first-order chi connectivity index (χ1) is 17.0. The number of anilines is 1. The second-order valence-corrected chi connectivity index (χ2v) is 12.0. The van der Waals surface area contributed by atoms with Crippen molar-refractivity contribution in [1.29, 1.82) is 0 Å². The van der Waals surface area contributed by atoms with Gasteiger partial charge in [-0.25, -0.2) is 0 Å². The Morgan fingerprint density at radius 1 is 0.611 bits per heavy atom. The molecule has 0 N–H and O–H groups in total. The molecular weight excluding hydrogens is 436 g/mol. The molecule has 3 aromatic carbocycles. The minimum atomic E-state index is -0.257. The summed E-state index contributed by atoms with van der Waals surface area (Å²) in [6.45, 7) is 23.1. The van der Waals surface area contributed by atoms with Gasteiger partial charge < -0.3 is 4.58 Å². The van der Waals surface area contributed by atoms with Crippen LogP contribution in [0.1, 0.15) is 121 Å². The molecule has 1 aliphatic rings. The number of rotatable bonds is 6. The monoisotopic (exact) mass is 480 g/mol. The Labute approximate surface area is 219 Å². The van der Waals surface area contributed by atoms with E-state index in [-0.39, 0.29) is 5.54 Å². The Balaban J connectivity index is 2.13. The molecule has 36 heavy (non-hydrogen) atoms. The van der Waals surface area contributed by atoms with E-state index >= 15 is 0 Å². The van der Waals surface area contributed by atoms with Gasteiger partial charge >= 0.3 is 0 Å². The lowest BCUT2D eigenvalue weighted by atomic mass is 9.84. The molecule has 0 radical (unpaired) electrons. The second kappa shape index (κ2) is 9.88.